The summed E-state index contributed by atoms with van der Waals surface area (Å²) in [5.74, 6) is 0.531. The van der Waals surface area contributed by atoms with Crippen LogP contribution >= 0.6 is 0 Å². The SMILES string of the molecule is CN(CC1CC1)C(CN)c1ccc(OC(F)(F)F)cc1. The quantitative estimate of drug-likeness (QED) is 0.874. The number of hydrogen-bond acceptors (Lipinski definition) is 3. The van der Waals surface area contributed by atoms with Crippen molar-refractivity contribution in [1.29, 1.82) is 0 Å². The highest BCUT2D eigenvalue weighted by Gasteiger charge is 2.31. The number of rotatable bonds is 6. The fourth-order valence-electron chi connectivity index (χ4n) is 2.30. The number of alkyl halides is 3. The lowest BCUT2D eigenvalue weighted by molar-refractivity contribution is -0.274. The number of nitrogens with zero attached hydrogens (tertiary/aromatic N) is 1. The van der Waals surface area contributed by atoms with Crippen LogP contribution in [0.5, 0.6) is 5.75 Å². The van der Waals surface area contributed by atoms with E-state index in [1.54, 1.807) is 12.1 Å². The van der Waals surface area contributed by atoms with Crippen molar-refractivity contribution >= 4 is 0 Å². The normalized spacial score (nSPS) is 17.3. The number of hydrogen-bond donors (Lipinski definition) is 1. The van der Waals surface area contributed by atoms with Crippen LogP contribution < -0.4 is 10.5 Å². The Kier molecular flexibility index (Phi) is 4.55. The second-order valence-electron chi connectivity index (χ2n) is 5.25. The van der Waals surface area contributed by atoms with Gasteiger partial charge in [0.2, 0.25) is 0 Å². The van der Waals surface area contributed by atoms with E-state index in [2.05, 4.69) is 9.64 Å². The van der Waals surface area contributed by atoms with Crippen LogP contribution in [0.15, 0.2) is 24.3 Å². The molecule has 1 aliphatic carbocycles. The molecule has 1 fully saturated rings. The summed E-state index contributed by atoms with van der Waals surface area (Å²) in [5, 5.41) is 0. The van der Waals surface area contributed by atoms with Crippen LogP contribution in [0, 0.1) is 5.92 Å². The van der Waals surface area contributed by atoms with Gasteiger partial charge in [0.05, 0.1) is 0 Å². The number of halogens is 3. The van der Waals surface area contributed by atoms with Crippen LogP contribution in [-0.4, -0.2) is 31.4 Å². The van der Waals surface area contributed by atoms with Gasteiger partial charge in [-0.2, -0.15) is 0 Å². The van der Waals surface area contributed by atoms with Gasteiger partial charge < -0.3 is 10.5 Å². The maximum Gasteiger partial charge on any atom is 0.573 e. The molecule has 20 heavy (non-hydrogen) atoms. The van der Waals surface area contributed by atoms with Crippen LogP contribution in [0.2, 0.25) is 0 Å². The molecular weight excluding hydrogens is 269 g/mol. The molecule has 1 aromatic carbocycles. The fourth-order valence-corrected chi connectivity index (χ4v) is 2.30. The Labute approximate surface area is 116 Å². The average Bonchev–Trinajstić information content (AvgIpc) is 3.14. The average molecular weight is 288 g/mol. The third-order valence-electron chi connectivity index (χ3n) is 3.50. The molecule has 0 bridgehead atoms. The van der Waals surface area contributed by atoms with Gasteiger partial charge in [0.1, 0.15) is 5.75 Å². The zero-order chi connectivity index (χ0) is 14.8. The predicted molar refractivity (Wildman–Crippen MR) is 70.3 cm³/mol. The highest BCUT2D eigenvalue weighted by Crippen LogP contribution is 2.32. The van der Waals surface area contributed by atoms with E-state index in [1.807, 2.05) is 7.05 Å². The van der Waals surface area contributed by atoms with E-state index in [0.717, 1.165) is 18.0 Å². The molecule has 0 heterocycles. The molecule has 0 spiro atoms. The van der Waals surface area contributed by atoms with Crippen molar-refractivity contribution in [1.82, 2.24) is 4.90 Å². The first kappa shape index (κ1) is 15.1. The summed E-state index contributed by atoms with van der Waals surface area (Å²) >= 11 is 0. The summed E-state index contributed by atoms with van der Waals surface area (Å²) in [7, 11) is 2.00. The first-order valence-corrected chi connectivity index (χ1v) is 6.65. The van der Waals surface area contributed by atoms with Crippen LogP contribution in [0.3, 0.4) is 0 Å². The van der Waals surface area contributed by atoms with Gasteiger partial charge in [-0.3, -0.25) is 4.90 Å². The van der Waals surface area contributed by atoms with E-state index < -0.39 is 6.36 Å². The molecule has 1 aliphatic rings. The maximum absolute atomic E-state index is 12.1. The van der Waals surface area contributed by atoms with E-state index in [1.165, 1.54) is 25.0 Å². The first-order valence-electron chi connectivity index (χ1n) is 6.65. The minimum absolute atomic E-state index is 0.0236. The van der Waals surface area contributed by atoms with Gasteiger partial charge >= 0.3 is 6.36 Å². The topological polar surface area (TPSA) is 38.5 Å². The molecule has 1 aromatic rings. The Morgan fingerprint density at radius 3 is 2.35 bits per heavy atom. The van der Waals surface area contributed by atoms with Crippen LogP contribution in [0.1, 0.15) is 24.4 Å². The third kappa shape index (κ3) is 4.38. The van der Waals surface area contributed by atoms with Gasteiger partial charge in [-0.05, 0) is 43.5 Å². The van der Waals surface area contributed by atoms with Crippen molar-refractivity contribution in [3.63, 3.8) is 0 Å². The van der Waals surface area contributed by atoms with Gasteiger partial charge in [0.15, 0.2) is 0 Å². The Morgan fingerprint density at radius 1 is 1.30 bits per heavy atom. The summed E-state index contributed by atoms with van der Waals surface area (Å²) in [6, 6.07) is 5.97. The maximum atomic E-state index is 12.1. The molecule has 1 atom stereocenters. The van der Waals surface area contributed by atoms with Gasteiger partial charge in [0, 0.05) is 19.1 Å². The lowest BCUT2D eigenvalue weighted by atomic mass is 10.1. The lowest BCUT2D eigenvalue weighted by Crippen LogP contribution is -2.32. The molecule has 0 aliphatic heterocycles. The van der Waals surface area contributed by atoms with Crippen molar-refractivity contribution < 1.29 is 17.9 Å². The molecule has 1 unspecified atom stereocenters. The van der Waals surface area contributed by atoms with E-state index in [-0.39, 0.29) is 11.8 Å². The molecule has 2 rings (SSSR count). The van der Waals surface area contributed by atoms with Gasteiger partial charge in [-0.25, -0.2) is 0 Å². The zero-order valence-corrected chi connectivity index (χ0v) is 11.4. The van der Waals surface area contributed by atoms with Crippen LogP contribution in [0.4, 0.5) is 13.2 Å². The van der Waals surface area contributed by atoms with Gasteiger partial charge in [-0.15, -0.1) is 13.2 Å². The Bertz CT molecular complexity index is 429. The zero-order valence-electron chi connectivity index (χ0n) is 11.4. The standard InChI is InChI=1S/C14H19F3N2O/c1-19(9-10-2-3-10)13(8-18)11-4-6-12(7-5-11)20-14(15,16)17/h4-7,10,13H,2-3,8-9,18H2,1H3. The largest absolute Gasteiger partial charge is 0.573 e. The number of benzene rings is 1. The monoisotopic (exact) mass is 288 g/mol. The molecule has 0 radical (unpaired) electrons. The summed E-state index contributed by atoms with van der Waals surface area (Å²) < 4.78 is 40.1. The molecule has 112 valence electrons. The molecular formula is C14H19F3N2O. The van der Waals surface area contributed by atoms with E-state index in [4.69, 9.17) is 5.73 Å². The Morgan fingerprint density at radius 2 is 1.90 bits per heavy atom. The predicted octanol–water partition coefficient (Wildman–Crippen LogP) is 2.93. The summed E-state index contributed by atoms with van der Waals surface area (Å²) in [4.78, 5) is 2.16. The number of likely N-dealkylation sites (N-methyl/N-ethyl adjacent to an activating group) is 1. The second kappa shape index (κ2) is 6.01. The number of nitrogens with two attached hydrogens (primary N) is 1. The second-order valence-corrected chi connectivity index (χ2v) is 5.25. The molecule has 3 nitrogen and oxygen atoms in total. The van der Waals surface area contributed by atoms with Crippen molar-refractivity contribution in [3.8, 4) is 5.75 Å². The summed E-state index contributed by atoms with van der Waals surface area (Å²) in [6.45, 7) is 1.41. The van der Waals surface area contributed by atoms with E-state index >= 15 is 0 Å². The molecule has 1 saturated carbocycles. The Hall–Kier alpha value is -1.27. The minimum atomic E-state index is -4.66. The van der Waals surface area contributed by atoms with Crippen molar-refractivity contribution in [2.24, 2.45) is 11.7 Å². The van der Waals surface area contributed by atoms with E-state index in [0.29, 0.717) is 6.54 Å². The summed E-state index contributed by atoms with van der Waals surface area (Å²) in [5.41, 5.74) is 6.70. The van der Waals surface area contributed by atoms with Crippen LogP contribution in [0.25, 0.3) is 0 Å². The highest BCUT2D eigenvalue weighted by atomic mass is 19.4. The number of ether oxygens (including phenoxy) is 1. The highest BCUT2D eigenvalue weighted by molar-refractivity contribution is 5.29. The van der Waals surface area contributed by atoms with Crippen molar-refractivity contribution in [2.75, 3.05) is 20.1 Å². The van der Waals surface area contributed by atoms with Gasteiger partial charge in [-0.1, -0.05) is 12.1 Å². The van der Waals surface area contributed by atoms with E-state index in [9.17, 15) is 13.2 Å². The van der Waals surface area contributed by atoms with Crippen LogP contribution in [-0.2, 0) is 0 Å². The fraction of sp³-hybridized carbons (Fsp3) is 0.571. The molecule has 0 saturated heterocycles. The van der Waals surface area contributed by atoms with Crippen molar-refractivity contribution in [3.05, 3.63) is 29.8 Å². The molecule has 0 amide bonds. The summed E-state index contributed by atoms with van der Waals surface area (Å²) in [6.07, 6.45) is -2.16. The lowest BCUT2D eigenvalue weighted by Gasteiger charge is -2.27. The molecule has 2 N–H and O–H groups in total. The Balaban J connectivity index is 2.02. The van der Waals surface area contributed by atoms with Crippen molar-refractivity contribution in [2.45, 2.75) is 25.2 Å². The smallest absolute Gasteiger partial charge is 0.406 e. The molecule has 6 heteroatoms. The minimum Gasteiger partial charge on any atom is -0.406 e. The first-order chi connectivity index (χ1) is 9.39. The van der Waals surface area contributed by atoms with Gasteiger partial charge in [0.25, 0.3) is 0 Å². The third-order valence-corrected chi connectivity index (χ3v) is 3.50. The molecule has 0 aromatic heterocycles.